The highest BCUT2D eigenvalue weighted by atomic mass is 32.2. The van der Waals surface area contributed by atoms with Crippen molar-refractivity contribution in [2.45, 2.75) is 18.8 Å². The molecule has 0 aliphatic carbocycles. The van der Waals surface area contributed by atoms with Crippen molar-refractivity contribution in [2.75, 3.05) is 5.73 Å². The molecule has 2 N–H and O–H groups in total. The van der Waals surface area contributed by atoms with E-state index < -0.39 is 10.0 Å². The van der Waals surface area contributed by atoms with Crippen molar-refractivity contribution in [1.82, 2.24) is 4.31 Å². The van der Waals surface area contributed by atoms with Crippen LogP contribution in [0.2, 0.25) is 0 Å². The molecule has 104 valence electrons. The second kappa shape index (κ2) is 4.92. The van der Waals surface area contributed by atoms with E-state index in [0.29, 0.717) is 18.8 Å². The first-order valence-corrected chi connectivity index (χ1v) is 8.04. The minimum atomic E-state index is -3.32. The lowest BCUT2D eigenvalue weighted by Crippen LogP contribution is -2.27. The first kappa shape index (κ1) is 13.1. The smallest absolute Gasteiger partial charge is 0.218 e. The summed E-state index contributed by atoms with van der Waals surface area (Å²) in [5.41, 5.74) is 9.17. The van der Waals surface area contributed by atoms with Gasteiger partial charge in [0.05, 0.1) is 5.75 Å². The summed E-state index contributed by atoms with van der Waals surface area (Å²) < 4.78 is 26.5. The molecule has 0 unspecified atom stereocenters. The maximum Gasteiger partial charge on any atom is 0.218 e. The first-order chi connectivity index (χ1) is 9.54. The van der Waals surface area contributed by atoms with Gasteiger partial charge in [0.2, 0.25) is 10.0 Å². The summed E-state index contributed by atoms with van der Waals surface area (Å²) >= 11 is 0. The molecule has 1 aliphatic heterocycles. The van der Waals surface area contributed by atoms with E-state index in [2.05, 4.69) is 0 Å². The van der Waals surface area contributed by atoms with Gasteiger partial charge in [-0.1, -0.05) is 36.4 Å². The van der Waals surface area contributed by atoms with Crippen LogP contribution in [0.4, 0.5) is 5.69 Å². The Bertz CT molecular complexity index is 716. The van der Waals surface area contributed by atoms with Crippen LogP contribution in [0.3, 0.4) is 0 Å². The van der Waals surface area contributed by atoms with Gasteiger partial charge in [-0.3, -0.25) is 0 Å². The third-order valence-corrected chi connectivity index (χ3v) is 5.25. The number of fused-ring (bicyclic) bond motifs is 1. The standard InChI is InChI=1S/C15H16N2O2S/c16-15-7-3-4-12(8-15)11-20(18,19)17-9-13-5-1-2-6-14(13)10-17/h1-8H,9-11,16H2. The van der Waals surface area contributed by atoms with Crippen LogP contribution in [-0.2, 0) is 28.9 Å². The van der Waals surface area contributed by atoms with Crippen LogP contribution in [-0.4, -0.2) is 12.7 Å². The van der Waals surface area contributed by atoms with Crippen LogP contribution in [0, 0.1) is 0 Å². The number of hydrogen-bond donors (Lipinski definition) is 1. The van der Waals surface area contributed by atoms with Gasteiger partial charge in [-0.15, -0.1) is 0 Å². The Hall–Kier alpha value is -1.85. The second-order valence-corrected chi connectivity index (χ2v) is 7.01. The fraction of sp³-hybridized carbons (Fsp3) is 0.200. The van der Waals surface area contributed by atoms with Gasteiger partial charge in [-0.25, -0.2) is 8.42 Å². The van der Waals surface area contributed by atoms with Crippen LogP contribution in [0.5, 0.6) is 0 Å². The zero-order valence-electron chi connectivity index (χ0n) is 11.0. The third-order valence-electron chi connectivity index (χ3n) is 3.51. The molecule has 0 fully saturated rings. The molecule has 0 radical (unpaired) electrons. The average molecular weight is 288 g/mol. The Labute approximate surface area is 118 Å². The second-order valence-electron chi connectivity index (χ2n) is 5.04. The average Bonchev–Trinajstić information content (AvgIpc) is 2.82. The maximum atomic E-state index is 12.5. The predicted molar refractivity (Wildman–Crippen MR) is 79.2 cm³/mol. The first-order valence-electron chi connectivity index (χ1n) is 6.44. The van der Waals surface area contributed by atoms with E-state index >= 15 is 0 Å². The minimum absolute atomic E-state index is 0.00791. The van der Waals surface area contributed by atoms with Crippen molar-refractivity contribution in [3.05, 3.63) is 65.2 Å². The van der Waals surface area contributed by atoms with Gasteiger partial charge in [-0.05, 0) is 28.8 Å². The van der Waals surface area contributed by atoms with E-state index in [-0.39, 0.29) is 5.75 Å². The molecule has 2 aromatic rings. The van der Waals surface area contributed by atoms with Crippen LogP contribution >= 0.6 is 0 Å². The summed E-state index contributed by atoms with van der Waals surface area (Å²) in [6.07, 6.45) is 0. The highest BCUT2D eigenvalue weighted by Crippen LogP contribution is 2.26. The third kappa shape index (κ3) is 2.55. The number of sulfonamides is 1. The summed E-state index contributed by atoms with van der Waals surface area (Å²) in [4.78, 5) is 0. The van der Waals surface area contributed by atoms with Crippen molar-refractivity contribution >= 4 is 15.7 Å². The van der Waals surface area contributed by atoms with Gasteiger partial charge in [-0.2, -0.15) is 4.31 Å². The van der Waals surface area contributed by atoms with E-state index in [9.17, 15) is 8.42 Å². The molecule has 2 aromatic carbocycles. The van der Waals surface area contributed by atoms with Crippen molar-refractivity contribution in [1.29, 1.82) is 0 Å². The van der Waals surface area contributed by atoms with Gasteiger partial charge in [0.15, 0.2) is 0 Å². The molecule has 3 rings (SSSR count). The van der Waals surface area contributed by atoms with Gasteiger partial charge in [0.1, 0.15) is 0 Å². The van der Waals surface area contributed by atoms with Gasteiger partial charge in [0, 0.05) is 18.8 Å². The van der Waals surface area contributed by atoms with Crippen LogP contribution in [0.15, 0.2) is 48.5 Å². The zero-order valence-corrected chi connectivity index (χ0v) is 11.8. The van der Waals surface area contributed by atoms with Crippen molar-refractivity contribution in [3.63, 3.8) is 0 Å². The van der Waals surface area contributed by atoms with Gasteiger partial charge in [0.25, 0.3) is 0 Å². The molecule has 5 heteroatoms. The quantitative estimate of drug-likeness (QED) is 0.880. The SMILES string of the molecule is Nc1cccc(CS(=O)(=O)N2Cc3ccccc3C2)c1. The maximum absolute atomic E-state index is 12.5. The molecule has 1 aliphatic rings. The largest absolute Gasteiger partial charge is 0.399 e. The molecule has 0 amide bonds. The molecular formula is C15H16N2O2S. The molecule has 0 aromatic heterocycles. The number of nitrogen functional groups attached to an aromatic ring is 1. The van der Waals surface area contributed by atoms with E-state index in [4.69, 9.17) is 5.73 Å². The van der Waals surface area contributed by atoms with E-state index in [1.54, 1.807) is 24.3 Å². The summed E-state index contributed by atoms with van der Waals surface area (Å²) in [7, 11) is -3.32. The number of rotatable bonds is 3. The van der Waals surface area contributed by atoms with Crippen molar-refractivity contribution < 1.29 is 8.42 Å². The molecule has 0 spiro atoms. The van der Waals surface area contributed by atoms with E-state index in [1.807, 2.05) is 24.3 Å². The Morgan fingerprint density at radius 2 is 1.65 bits per heavy atom. The lowest BCUT2D eigenvalue weighted by molar-refractivity contribution is 0.431. The fourth-order valence-corrected chi connectivity index (χ4v) is 3.94. The Balaban J connectivity index is 1.81. The number of hydrogen-bond acceptors (Lipinski definition) is 3. The Morgan fingerprint density at radius 3 is 2.25 bits per heavy atom. The molecular weight excluding hydrogens is 272 g/mol. The minimum Gasteiger partial charge on any atom is -0.399 e. The molecule has 0 atom stereocenters. The Kier molecular flexibility index (Phi) is 3.23. The fourth-order valence-electron chi connectivity index (χ4n) is 2.48. The summed E-state index contributed by atoms with van der Waals surface area (Å²) in [6.45, 7) is 0.918. The normalized spacial score (nSPS) is 15.2. The van der Waals surface area contributed by atoms with E-state index in [1.165, 1.54) is 4.31 Å². The molecule has 0 saturated heterocycles. The van der Waals surface area contributed by atoms with Gasteiger partial charge < -0.3 is 5.73 Å². The number of nitrogens with two attached hydrogens (primary N) is 1. The van der Waals surface area contributed by atoms with Crippen LogP contribution in [0.25, 0.3) is 0 Å². The highest BCUT2D eigenvalue weighted by Gasteiger charge is 2.28. The summed E-state index contributed by atoms with van der Waals surface area (Å²) in [5.74, 6) is -0.00791. The van der Waals surface area contributed by atoms with Crippen molar-refractivity contribution in [3.8, 4) is 0 Å². The molecule has 4 nitrogen and oxygen atoms in total. The molecule has 1 heterocycles. The summed E-state index contributed by atoms with van der Waals surface area (Å²) in [5, 5.41) is 0. The zero-order chi connectivity index (χ0) is 14.2. The van der Waals surface area contributed by atoms with Gasteiger partial charge >= 0.3 is 0 Å². The lowest BCUT2D eigenvalue weighted by Gasteiger charge is -2.15. The van der Waals surface area contributed by atoms with Crippen LogP contribution < -0.4 is 5.73 Å². The number of anilines is 1. The number of nitrogens with zero attached hydrogens (tertiary/aromatic N) is 1. The molecule has 0 saturated carbocycles. The Morgan fingerprint density at radius 1 is 1.00 bits per heavy atom. The van der Waals surface area contributed by atoms with E-state index in [0.717, 1.165) is 16.7 Å². The monoisotopic (exact) mass is 288 g/mol. The number of benzene rings is 2. The predicted octanol–water partition coefficient (Wildman–Crippen LogP) is 2.11. The topological polar surface area (TPSA) is 63.4 Å². The molecule has 20 heavy (non-hydrogen) atoms. The highest BCUT2D eigenvalue weighted by molar-refractivity contribution is 7.88. The van der Waals surface area contributed by atoms with Crippen LogP contribution in [0.1, 0.15) is 16.7 Å². The molecule has 0 bridgehead atoms. The van der Waals surface area contributed by atoms with Crippen molar-refractivity contribution in [2.24, 2.45) is 0 Å². The summed E-state index contributed by atoms with van der Waals surface area (Å²) in [6, 6.07) is 14.9. The lowest BCUT2D eigenvalue weighted by atomic mass is 10.1.